The van der Waals surface area contributed by atoms with Crippen LogP contribution in [0.5, 0.6) is 0 Å². The van der Waals surface area contributed by atoms with Crippen LogP contribution >= 0.6 is 0 Å². The Morgan fingerprint density at radius 1 is 1.19 bits per heavy atom. The van der Waals surface area contributed by atoms with Crippen molar-refractivity contribution in [2.24, 2.45) is 0 Å². The summed E-state index contributed by atoms with van der Waals surface area (Å²) in [6.45, 7) is 8.93. The summed E-state index contributed by atoms with van der Waals surface area (Å²) in [4.78, 5) is 25.7. The number of aliphatic hydroxyl groups excluding tert-OH is 1. The Labute approximate surface area is 126 Å². The Kier molecular flexibility index (Phi) is 7.80. The first kappa shape index (κ1) is 19.2. The van der Waals surface area contributed by atoms with E-state index in [1.807, 2.05) is 0 Å². The third-order valence-corrected chi connectivity index (χ3v) is 2.31. The van der Waals surface area contributed by atoms with E-state index in [1.165, 1.54) is 30.0 Å². The zero-order valence-corrected chi connectivity index (χ0v) is 13.5. The van der Waals surface area contributed by atoms with E-state index in [0.717, 1.165) is 0 Å². The number of aliphatic hydroxyl groups is 1. The second-order valence-corrected chi connectivity index (χ2v) is 5.76. The van der Waals surface area contributed by atoms with Gasteiger partial charge in [-0.05, 0) is 20.8 Å². The lowest BCUT2D eigenvalue weighted by Gasteiger charge is -2.27. The van der Waals surface area contributed by atoms with Crippen molar-refractivity contribution in [2.75, 3.05) is 33.8 Å². The van der Waals surface area contributed by atoms with E-state index in [1.54, 1.807) is 20.8 Å². The van der Waals surface area contributed by atoms with Crippen molar-refractivity contribution in [3.8, 4) is 0 Å². The summed E-state index contributed by atoms with van der Waals surface area (Å²) in [6, 6.07) is 0. The van der Waals surface area contributed by atoms with Crippen LogP contribution in [-0.2, 0) is 9.47 Å². The molecule has 0 spiro atoms. The van der Waals surface area contributed by atoms with Crippen molar-refractivity contribution in [3.63, 3.8) is 0 Å². The van der Waals surface area contributed by atoms with E-state index in [2.05, 4.69) is 6.58 Å². The number of rotatable bonds is 6. The zero-order valence-electron chi connectivity index (χ0n) is 13.5. The highest BCUT2D eigenvalue weighted by Gasteiger charge is 2.22. The molecule has 122 valence electrons. The Balaban J connectivity index is 4.23. The minimum atomic E-state index is -0.899. The zero-order chi connectivity index (χ0) is 16.6. The molecular formula is C14H26N2O5. The molecular weight excluding hydrogens is 276 g/mol. The predicted octanol–water partition coefficient (Wildman–Crippen LogP) is 1.47. The van der Waals surface area contributed by atoms with Crippen LogP contribution in [0.4, 0.5) is 9.59 Å². The van der Waals surface area contributed by atoms with E-state index in [4.69, 9.17) is 9.47 Å². The highest BCUT2D eigenvalue weighted by atomic mass is 16.6. The highest BCUT2D eigenvalue weighted by molar-refractivity contribution is 5.68. The SMILES string of the molecule is C=CCOC(=O)N(C)CC(O)CN(C)C(=O)OC(C)(C)C. The van der Waals surface area contributed by atoms with Crippen LogP contribution in [0.15, 0.2) is 12.7 Å². The number of likely N-dealkylation sites (N-methyl/N-ethyl adjacent to an activating group) is 2. The van der Waals surface area contributed by atoms with Crippen molar-refractivity contribution >= 4 is 12.2 Å². The summed E-state index contributed by atoms with van der Waals surface area (Å²) in [5.74, 6) is 0. The van der Waals surface area contributed by atoms with E-state index in [0.29, 0.717) is 0 Å². The lowest BCUT2D eigenvalue weighted by molar-refractivity contribution is 0.0175. The fourth-order valence-corrected chi connectivity index (χ4v) is 1.42. The van der Waals surface area contributed by atoms with Crippen LogP contribution in [0.3, 0.4) is 0 Å². The van der Waals surface area contributed by atoms with Gasteiger partial charge < -0.3 is 24.4 Å². The fourth-order valence-electron chi connectivity index (χ4n) is 1.42. The topological polar surface area (TPSA) is 79.3 Å². The molecule has 0 aliphatic rings. The van der Waals surface area contributed by atoms with E-state index < -0.39 is 23.9 Å². The Morgan fingerprint density at radius 3 is 2.10 bits per heavy atom. The van der Waals surface area contributed by atoms with Gasteiger partial charge in [-0.15, -0.1) is 0 Å². The lowest BCUT2D eigenvalue weighted by Crippen LogP contribution is -2.43. The molecule has 0 heterocycles. The van der Waals surface area contributed by atoms with Crippen molar-refractivity contribution in [2.45, 2.75) is 32.5 Å². The molecule has 0 bridgehead atoms. The maximum Gasteiger partial charge on any atom is 0.410 e. The second-order valence-electron chi connectivity index (χ2n) is 5.76. The number of nitrogens with zero attached hydrogens (tertiary/aromatic N) is 2. The molecule has 1 atom stereocenters. The van der Waals surface area contributed by atoms with Gasteiger partial charge in [0.2, 0.25) is 0 Å². The first-order chi connectivity index (χ1) is 9.56. The number of hydrogen-bond acceptors (Lipinski definition) is 5. The fraction of sp³-hybridized carbons (Fsp3) is 0.714. The minimum Gasteiger partial charge on any atom is -0.445 e. The number of carbonyl (C=O) groups excluding carboxylic acids is 2. The van der Waals surface area contributed by atoms with Gasteiger partial charge in [0.15, 0.2) is 0 Å². The smallest absolute Gasteiger partial charge is 0.410 e. The molecule has 0 aliphatic heterocycles. The summed E-state index contributed by atoms with van der Waals surface area (Å²) in [7, 11) is 3.02. The van der Waals surface area contributed by atoms with Gasteiger partial charge in [0.25, 0.3) is 0 Å². The van der Waals surface area contributed by atoms with Gasteiger partial charge in [-0.2, -0.15) is 0 Å². The summed E-state index contributed by atoms with van der Waals surface area (Å²) in [5.41, 5.74) is -0.596. The van der Waals surface area contributed by atoms with Crippen LogP contribution in [0.25, 0.3) is 0 Å². The Morgan fingerprint density at radius 2 is 1.67 bits per heavy atom. The quantitative estimate of drug-likeness (QED) is 0.752. The van der Waals surface area contributed by atoms with Crippen molar-refractivity contribution in [3.05, 3.63) is 12.7 Å². The minimum absolute atomic E-state index is 0.0448. The van der Waals surface area contributed by atoms with Gasteiger partial charge in [0.1, 0.15) is 12.2 Å². The van der Waals surface area contributed by atoms with Crippen LogP contribution in [0.1, 0.15) is 20.8 Å². The molecule has 2 amide bonds. The standard InChI is InChI=1S/C14H26N2O5/c1-7-8-20-12(18)15(5)9-11(17)10-16(6)13(19)21-14(2,3)4/h7,11,17H,1,8-10H2,2-6H3. The van der Waals surface area contributed by atoms with Crippen LogP contribution in [-0.4, -0.2) is 72.6 Å². The molecule has 0 saturated carbocycles. The molecule has 1 unspecified atom stereocenters. The number of carbonyl (C=O) groups is 2. The lowest BCUT2D eigenvalue weighted by atomic mass is 10.2. The maximum absolute atomic E-state index is 11.7. The van der Waals surface area contributed by atoms with E-state index >= 15 is 0 Å². The van der Waals surface area contributed by atoms with Gasteiger partial charge in [-0.25, -0.2) is 9.59 Å². The first-order valence-electron chi connectivity index (χ1n) is 6.67. The van der Waals surface area contributed by atoms with Crippen molar-refractivity contribution in [1.29, 1.82) is 0 Å². The predicted molar refractivity (Wildman–Crippen MR) is 79.0 cm³/mol. The molecule has 7 nitrogen and oxygen atoms in total. The first-order valence-corrected chi connectivity index (χ1v) is 6.67. The van der Waals surface area contributed by atoms with E-state index in [9.17, 15) is 14.7 Å². The van der Waals surface area contributed by atoms with Crippen LogP contribution in [0, 0.1) is 0 Å². The third kappa shape index (κ3) is 8.91. The van der Waals surface area contributed by atoms with Gasteiger partial charge in [0.05, 0.1) is 19.2 Å². The molecule has 0 aromatic carbocycles. The second kappa shape index (κ2) is 8.51. The summed E-state index contributed by atoms with van der Waals surface area (Å²) in [5, 5.41) is 9.89. The molecule has 0 rings (SSSR count). The van der Waals surface area contributed by atoms with E-state index in [-0.39, 0.29) is 19.7 Å². The molecule has 0 saturated heterocycles. The largest absolute Gasteiger partial charge is 0.445 e. The van der Waals surface area contributed by atoms with Crippen molar-refractivity contribution < 1.29 is 24.2 Å². The normalized spacial score (nSPS) is 12.3. The molecule has 0 aromatic rings. The monoisotopic (exact) mass is 302 g/mol. The van der Waals surface area contributed by atoms with Crippen LogP contribution in [0.2, 0.25) is 0 Å². The molecule has 1 N–H and O–H groups in total. The Hall–Kier alpha value is -1.76. The summed E-state index contributed by atoms with van der Waals surface area (Å²) in [6.07, 6.45) is -0.533. The van der Waals surface area contributed by atoms with Gasteiger partial charge in [-0.1, -0.05) is 12.7 Å². The third-order valence-electron chi connectivity index (χ3n) is 2.31. The Bertz CT molecular complexity index is 365. The van der Waals surface area contributed by atoms with Crippen molar-refractivity contribution in [1.82, 2.24) is 9.80 Å². The number of ether oxygens (including phenoxy) is 2. The summed E-state index contributed by atoms with van der Waals surface area (Å²) >= 11 is 0. The number of amides is 2. The highest BCUT2D eigenvalue weighted by Crippen LogP contribution is 2.09. The molecule has 0 radical (unpaired) electrons. The van der Waals surface area contributed by atoms with Gasteiger partial charge in [-0.3, -0.25) is 0 Å². The van der Waals surface area contributed by atoms with Crippen LogP contribution < -0.4 is 0 Å². The maximum atomic E-state index is 11.7. The molecule has 0 aliphatic carbocycles. The van der Waals surface area contributed by atoms with Gasteiger partial charge >= 0.3 is 12.2 Å². The molecule has 7 heteroatoms. The molecule has 0 fully saturated rings. The average molecular weight is 302 g/mol. The van der Waals surface area contributed by atoms with Gasteiger partial charge in [0, 0.05) is 14.1 Å². The summed E-state index contributed by atoms with van der Waals surface area (Å²) < 4.78 is 9.99. The number of hydrogen-bond donors (Lipinski definition) is 1. The molecule has 0 aromatic heterocycles. The molecule has 21 heavy (non-hydrogen) atoms. The average Bonchev–Trinajstić information content (AvgIpc) is 2.33.